The van der Waals surface area contributed by atoms with Gasteiger partial charge in [0.05, 0.1) is 12.1 Å². The molecule has 0 aromatic heterocycles. The minimum atomic E-state index is -0.381. The Balaban J connectivity index is 1.59. The number of nitrogens with one attached hydrogen (secondary N) is 2. The number of amides is 2. The van der Waals surface area contributed by atoms with Crippen LogP contribution in [0.2, 0.25) is 0 Å². The predicted octanol–water partition coefficient (Wildman–Crippen LogP) is 2.61. The van der Waals surface area contributed by atoms with Gasteiger partial charge in [-0.3, -0.25) is 0 Å². The number of unbranched alkanes of at least 4 members (excludes halogenated alkanes) is 1. The topological polar surface area (TPSA) is 61.4 Å². The molecule has 4 nitrogen and oxygen atoms in total. The molecule has 0 atom stereocenters. The number of hydrogen-bond donors (Lipinski definition) is 3. The molecule has 0 heterocycles. The molecule has 0 radical (unpaired) electrons. The van der Waals surface area contributed by atoms with Crippen LogP contribution in [-0.4, -0.2) is 29.8 Å². The Morgan fingerprint density at radius 3 is 2.52 bits per heavy atom. The number of urea groups is 1. The van der Waals surface area contributed by atoms with Crippen molar-refractivity contribution in [3.8, 4) is 0 Å². The van der Waals surface area contributed by atoms with Gasteiger partial charge >= 0.3 is 6.03 Å². The molecular weight excluding hydrogens is 264 g/mol. The van der Waals surface area contributed by atoms with Gasteiger partial charge in [0.2, 0.25) is 0 Å². The highest BCUT2D eigenvalue weighted by atomic mass is 16.3. The average Bonchev–Trinajstić information content (AvgIpc) is 2.97. The molecule has 0 bridgehead atoms. The van der Waals surface area contributed by atoms with E-state index in [4.69, 9.17) is 0 Å². The van der Waals surface area contributed by atoms with E-state index < -0.39 is 0 Å². The molecular formula is C17H26N2O2. The minimum Gasteiger partial charge on any atom is -0.394 e. The van der Waals surface area contributed by atoms with E-state index in [1.54, 1.807) is 0 Å². The number of aliphatic hydroxyl groups is 1. The first-order chi connectivity index (χ1) is 10.2. The van der Waals surface area contributed by atoms with Gasteiger partial charge in [-0.2, -0.15) is 0 Å². The standard InChI is InChI=1S/C17H26N2O2/c20-14-17(11-5-6-12-17)19-16(21)18-13-7-4-10-15-8-2-1-3-9-15/h1-3,8-9,20H,4-7,10-14H2,(H2,18,19,21). The summed E-state index contributed by atoms with van der Waals surface area (Å²) in [6, 6.07) is 10.2. The van der Waals surface area contributed by atoms with Crippen LogP contribution < -0.4 is 10.6 Å². The lowest BCUT2D eigenvalue weighted by molar-refractivity contribution is 0.163. The molecule has 3 N–H and O–H groups in total. The van der Waals surface area contributed by atoms with Crippen LogP contribution in [0.3, 0.4) is 0 Å². The van der Waals surface area contributed by atoms with Crippen molar-refractivity contribution in [3.63, 3.8) is 0 Å². The first kappa shape index (κ1) is 15.8. The molecule has 2 rings (SSSR count). The molecule has 1 aliphatic carbocycles. The zero-order valence-corrected chi connectivity index (χ0v) is 12.6. The lowest BCUT2D eigenvalue weighted by Crippen LogP contribution is -2.52. The molecule has 116 valence electrons. The SMILES string of the molecule is O=C(NCCCCc1ccccc1)NC1(CO)CCCC1. The molecule has 1 aliphatic rings. The number of aliphatic hydroxyl groups excluding tert-OH is 1. The van der Waals surface area contributed by atoms with Crippen molar-refractivity contribution in [2.24, 2.45) is 0 Å². The van der Waals surface area contributed by atoms with E-state index in [-0.39, 0.29) is 18.2 Å². The van der Waals surface area contributed by atoms with Gasteiger partial charge in [-0.05, 0) is 37.7 Å². The monoisotopic (exact) mass is 290 g/mol. The van der Waals surface area contributed by atoms with E-state index in [0.717, 1.165) is 44.9 Å². The summed E-state index contributed by atoms with van der Waals surface area (Å²) in [6.07, 6.45) is 7.00. The number of carbonyl (C=O) groups excluding carboxylic acids is 1. The largest absolute Gasteiger partial charge is 0.394 e. The summed E-state index contributed by atoms with van der Waals surface area (Å²) in [4.78, 5) is 11.9. The molecule has 1 aromatic rings. The summed E-state index contributed by atoms with van der Waals surface area (Å²) in [6.45, 7) is 0.717. The fourth-order valence-corrected chi connectivity index (χ4v) is 2.96. The van der Waals surface area contributed by atoms with Gasteiger partial charge in [0.25, 0.3) is 0 Å². The highest BCUT2D eigenvalue weighted by Crippen LogP contribution is 2.28. The van der Waals surface area contributed by atoms with E-state index in [9.17, 15) is 9.90 Å². The van der Waals surface area contributed by atoms with Gasteiger partial charge in [0.15, 0.2) is 0 Å². The summed E-state index contributed by atoms with van der Waals surface area (Å²) in [7, 11) is 0. The van der Waals surface area contributed by atoms with Gasteiger partial charge < -0.3 is 15.7 Å². The van der Waals surface area contributed by atoms with Gasteiger partial charge in [-0.25, -0.2) is 4.79 Å². The third-order valence-corrected chi connectivity index (χ3v) is 4.26. The van der Waals surface area contributed by atoms with Crippen molar-refractivity contribution in [1.82, 2.24) is 10.6 Å². The van der Waals surface area contributed by atoms with Crippen molar-refractivity contribution < 1.29 is 9.90 Å². The second kappa shape index (κ2) is 8.03. The molecule has 2 amide bonds. The van der Waals surface area contributed by atoms with E-state index in [1.165, 1.54) is 5.56 Å². The first-order valence-corrected chi connectivity index (χ1v) is 7.95. The zero-order valence-electron chi connectivity index (χ0n) is 12.6. The highest BCUT2D eigenvalue weighted by molar-refractivity contribution is 5.74. The number of aryl methyl sites for hydroxylation is 1. The Morgan fingerprint density at radius 2 is 1.86 bits per heavy atom. The van der Waals surface area contributed by atoms with Crippen LogP contribution in [0.4, 0.5) is 4.79 Å². The number of rotatable bonds is 7. The minimum absolute atomic E-state index is 0.0361. The molecule has 1 aromatic carbocycles. The summed E-state index contributed by atoms with van der Waals surface area (Å²) >= 11 is 0. The quantitative estimate of drug-likeness (QED) is 0.676. The molecule has 0 spiro atoms. The zero-order chi connectivity index (χ0) is 15.0. The van der Waals surface area contributed by atoms with Gasteiger partial charge in [0, 0.05) is 6.54 Å². The maximum Gasteiger partial charge on any atom is 0.315 e. The summed E-state index contributed by atoms with van der Waals surface area (Å²) < 4.78 is 0. The van der Waals surface area contributed by atoms with Gasteiger partial charge in [-0.15, -0.1) is 0 Å². The summed E-state index contributed by atoms with van der Waals surface area (Å²) in [5.74, 6) is 0. The Bertz CT molecular complexity index is 428. The molecule has 0 saturated heterocycles. The molecule has 4 heteroatoms. The second-order valence-corrected chi connectivity index (χ2v) is 5.97. The number of benzene rings is 1. The second-order valence-electron chi connectivity index (χ2n) is 5.97. The lowest BCUT2D eigenvalue weighted by Gasteiger charge is -2.27. The van der Waals surface area contributed by atoms with E-state index in [2.05, 4.69) is 34.9 Å². The molecule has 0 unspecified atom stereocenters. The summed E-state index contributed by atoms with van der Waals surface area (Å²) in [5.41, 5.74) is 0.959. The maximum absolute atomic E-state index is 11.9. The smallest absolute Gasteiger partial charge is 0.315 e. The Labute approximate surface area is 126 Å². The van der Waals surface area contributed by atoms with Crippen LogP contribution in [0.1, 0.15) is 44.1 Å². The highest BCUT2D eigenvalue weighted by Gasteiger charge is 2.34. The van der Waals surface area contributed by atoms with Crippen LogP contribution >= 0.6 is 0 Å². The van der Waals surface area contributed by atoms with Crippen LogP contribution in [0.5, 0.6) is 0 Å². The van der Waals surface area contributed by atoms with E-state index in [0.29, 0.717) is 6.54 Å². The van der Waals surface area contributed by atoms with Crippen molar-refractivity contribution in [1.29, 1.82) is 0 Å². The number of hydrogen-bond acceptors (Lipinski definition) is 2. The van der Waals surface area contributed by atoms with Crippen LogP contribution in [-0.2, 0) is 6.42 Å². The summed E-state index contributed by atoms with van der Waals surface area (Å²) in [5, 5.41) is 15.3. The molecule has 21 heavy (non-hydrogen) atoms. The average molecular weight is 290 g/mol. The van der Waals surface area contributed by atoms with Crippen molar-refractivity contribution >= 4 is 6.03 Å². The van der Waals surface area contributed by atoms with E-state index in [1.807, 2.05) is 6.07 Å². The lowest BCUT2D eigenvalue weighted by atomic mass is 9.99. The Kier molecular flexibility index (Phi) is 6.05. The van der Waals surface area contributed by atoms with Gasteiger partial charge in [-0.1, -0.05) is 43.2 Å². The van der Waals surface area contributed by atoms with Crippen LogP contribution in [0.15, 0.2) is 30.3 Å². The van der Waals surface area contributed by atoms with E-state index >= 15 is 0 Å². The normalized spacial score (nSPS) is 16.6. The third-order valence-electron chi connectivity index (χ3n) is 4.26. The Morgan fingerprint density at radius 1 is 1.14 bits per heavy atom. The third kappa shape index (κ3) is 5.05. The van der Waals surface area contributed by atoms with Crippen LogP contribution in [0.25, 0.3) is 0 Å². The van der Waals surface area contributed by atoms with Gasteiger partial charge in [0.1, 0.15) is 0 Å². The van der Waals surface area contributed by atoms with Crippen molar-refractivity contribution in [2.75, 3.05) is 13.2 Å². The predicted molar refractivity (Wildman–Crippen MR) is 84.2 cm³/mol. The molecule has 0 aliphatic heterocycles. The molecule has 1 fully saturated rings. The maximum atomic E-state index is 11.9. The molecule has 1 saturated carbocycles. The Hall–Kier alpha value is -1.55. The van der Waals surface area contributed by atoms with Crippen molar-refractivity contribution in [2.45, 2.75) is 50.5 Å². The fourth-order valence-electron chi connectivity index (χ4n) is 2.96. The number of carbonyl (C=O) groups is 1. The van der Waals surface area contributed by atoms with Crippen LogP contribution in [0, 0.1) is 0 Å². The van der Waals surface area contributed by atoms with Crippen molar-refractivity contribution in [3.05, 3.63) is 35.9 Å². The first-order valence-electron chi connectivity index (χ1n) is 7.95. The fraction of sp³-hybridized carbons (Fsp3) is 0.588.